The van der Waals surface area contributed by atoms with Crippen molar-refractivity contribution in [1.82, 2.24) is 15.2 Å². The molecule has 0 saturated carbocycles. The van der Waals surface area contributed by atoms with Crippen molar-refractivity contribution in [3.63, 3.8) is 0 Å². The lowest BCUT2D eigenvalue weighted by atomic mass is 10.1. The first kappa shape index (κ1) is 9.67. The molecule has 0 aromatic carbocycles. The summed E-state index contributed by atoms with van der Waals surface area (Å²) in [5, 5.41) is 11.8. The molecule has 1 aromatic heterocycles. The lowest BCUT2D eigenvalue weighted by Gasteiger charge is -2.28. The Kier molecular flexibility index (Phi) is 2.39. The molecular weight excluding hydrogens is 194 g/mol. The van der Waals surface area contributed by atoms with Gasteiger partial charge in [-0.15, -0.1) is 0 Å². The zero-order chi connectivity index (χ0) is 10.8. The van der Waals surface area contributed by atoms with Gasteiger partial charge in [-0.1, -0.05) is 6.07 Å². The molecule has 5 heteroatoms. The molecule has 2 rings (SSSR count). The summed E-state index contributed by atoms with van der Waals surface area (Å²) < 4.78 is 0. The minimum Gasteiger partial charge on any atom is -0.356 e. The number of pyridine rings is 1. The van der Waals surface area contributed by atoms with Crippen LogP contribution in [0.5, 0.6) is 0 Å². The molecule has 2 heterocycles. The van der Waals surface area contributed by atoms with Gasteiger partial charge in [0.15, 0.2) is 0 Å². The fourth-order valence-corrected chi connectivity index (χ4v) is 1.33. The SMILES string of the molecule is CN1C=C(c2ccccn2)C(=O)NC1O. The number of aromatic nitrogens is 1. The molecule has 0 aliphatic carbocycles. The van der Waals surface area contributed by atoms with Crippen molar-refractivity contribution in [2.75, 3.05) is 7.05 Å². The molecule has 78 valence electrons. The molecule has 15 heavy (non-hydrogen) atoms. The van der Waals surface area contributed by atoms with E-state index in [1.54, 1.807) is 31.6 Å². The Hall–Kier alpha value is -1.88. The van der Waals surface area contributed by atoms with Crippen LogP contribution in [0.15, 0.2) is 30.6 Å². The molecule has 0 spiro atoms. The van der Waals surface area contributed by atoms with Gasteiger partial charge in [-0.25, -0.2) is 0 Å². The normalized spacial score (nSPS) is 20.9. The number of aliphatic hydroxyl groups is 1. The quantitative estimate of drug-likeness (QED) is 0.664. The topological polar surface area (TPSA) is 65.5 Å². The van der Waals surface area contributed by atoms with Crippen LogP contribution >= 0.6 is 0 Å². The van der Waals surface area contributed by atoms with Gasteiger partial charge >= 0.3 is 0 Å². The third kappa shape index (κ3) is 1.82. The van der Waals surface area contributed by atoms with Crippen LogP contribution in [0.2, 0.25) is 0 Å². The van der Waals surface area contributed by atoms with Gasteiger partial charge in [-0.3, -0.25) is 9.78 Å². The van der Waals surface area contributed by atoms with Crippen molar-refractivity contribution < 1.29 is 9.90 Å². The van der Waals surface area contributed by atoms with Crippen molar-refractivity contribution >= 4 is 11.5 Å². The molecule has 0 bridgehead atoms. The van der Waals surface area contributed by atoms with Gasteiger partial charge in [0, 0.05) is 19.4 Å². The van der Waals surface area contributed by atoms with E-state index in [0.29, 0.717) is 11.3 Å². The van der Waals surface area contributed by atoms with Gasteiger partial charge < -0.3 is 15.3 Å². The first-order valence-corrected chi connectivity index (χ1v) is 4.52. The number of hydrogen-bond donors (Lipinski definition) is 2. The minimum absolute atomic E-state index is 0.320. The first-order chi connectivity index (χ1) is 7.18. The number of amides is 1. The summed E-state index contributed by atoms with van der Waals surface area (Å²) in [6.07, 6.45) is 2.23. The van der Waals surface area contributed by atoms with E-state index in [4.69, 9.17) is 0 Å². The average molecular weight is 205 g/mol. The number of hydrogen-bond acceptors (Lipinski definition) is 4. The Bertz CT molecular complexity index is 402. The van der Waals surface area contributed by atoms with Gasteiger partial charge in [0.1, 0.15) is 0 Å². The second-order valence-electron chi connectivity index (χ2n) is 3.27. The number of nitrogens with one attached hydrogen (secondary N) is 1. The van der Waals surface area contributed by atoms with Crippen LogP contribution in [-0.4, -0.2) is 34.3 Å². The van der Waals surface area contributed by atoms with Crippen molar-refractivity contribution in [3.05, 3.63) is 36.3 Å². The molecule has 0 fully saturated rings. The molecule has 1 amide bonds. The van der Waals surface area contributed by atoms with E-state index in [-0.39, 0.29) is 5.91 Å². The van der Waals surface area contributed by atoms with E-state index in [1.165, 1.54) is 4.90 Å². The predicted octanol–water partition coefficient (Wildman–Crippen LogP) is -0.240. The standard InChI is InChI=1S/C10H11N3O2/c1-13-6-7(9(14)12-10(13)15)8-4-2-3-5-11-8/h2-6,10,15H,1H3,(H,12,14). The Morgan fingerprint density at radius 1 is 1.53 bits per heavy atom. The Morgan fingerprint density at radius 2 is 2.33 bits per heavy atom. The molecule has 0 saturated heterocycles. The zero-order valence-electron chi connectivity index (χ0n) is 8.21. The number of aliphatic hydroxyl groups excluding tert-OH is 1. The largest absolute Gasteiger partial charge is 0.356 e. The Labute approximate surface area is 87.0 Å². The molecule has 5 nitrogen and oxygen atoms in total. The second-order valence-corrected chi connectivity index (χ2v) is 3.27. The summed E-state index contributed by atoms with van der Waals surface area (Å²) in [4.78, 5) is 17.1. The maximum absolute atomic E-state index is 11.5. The van der Waals surface area contributed by atoms with E-state index in [9.17, 15) is 9.90 Å². The molecule has 1 aliphatic rings. The van der Waals surface area contributed by atoms with Gasteiger partial charge in [0.05, 0.1) is 11.3 Å². The number of carbonyl (C=O) groups excluding carboxylic acids is 1. The van der Waals surface area contributed by atoms with E-state index >= 15 is 0 Å². The van der Waals surface area contributed by atoms with Crippen LogP contribution in [0.3, 0.4) is 0 Å². The maximum Gasteiger partial charge on any atom is 0.258 e. The second kappa shape index (κ2) is 3.70. The van der Waals surface area contributed by atoms with E-state index in [0.717, 1.165) is 0 Å². The van der Waals surface area contributed by atoms with Crippen molar-refractivity contribution in [3.8, 4) is 0 Å². The summed E-state index contributed by atoms with van der Waals surface area (Å²) in [6, 6.07) is 5.34. The molecule has 1 aliphatic heterocycles. The monoisotopic (exact) mass is 205 g/mol. The van der Waals surface area contributed by atoms with E-state index < -0.39 is 6.35 Å². The van der Waals surface area contributed by atoms with Crippen molar-refractivity contribution in [2.24, 2.45) is 0 Å². The fraction of sp³-hybridized carbons (Fsp3) is 0.200. The van der Waals surface area contributed by atoms with Crippen LogP contribution in [0.4, 0.5) is 0 Å². The summed E-state index contributed by atoms with van der Waals surface area (Å²) in [5.41, 5.74) is 1.04. The highest BCUT2D eigenvalue weighted by Crippen LogP contribution is 2.16. The molecular formula is C10H11N3O2. The van der Waals surface area contributed by atoms with Crippen LogP contribution in [0, 0.1) is 0 Å². The van der Waals surface area contributed by atoms with Crippen molar-refractivity contribution in [1.29, 1.82) is 0 Å². The van der Waals surface area contributed by atoms with Gasteiger partial charge in [-0.2, -0.15) is 0 Å². The van der Waals surface area contributed by atoms with Crippen LogP contribution in [0.25, 0.3) is 5.57 Å². The maximum atomic E-state index is 11.5. The smallest absolute Gasteiger partial charge is 0.258 e. The number of carbonyl (C=O) groups is 1. The molecule has 2 N–H and O–H groups in total. The minimum atomic E-state index is -0.968. The summed E-state index contributed by atoms with van der Waals surface area (Å²) in [5.74, 6) is -0.320. The van der Waals surface area contributed by atoms with Crippen LogP contribution < -0.4 is 5.32 Å². The van der Waals surface area contributed by atoms with Gasteiger partial charge in [0.25, 0.3) is 5.91 Å². The highest BCUT2D eigenvalue weighted by atomic mass is 16.3. The summed E-state index contributed by atoms with van der Waals surface area (Å²) in [6.45, 7) is 0. The summed E-state index contributed by atoms with van der Waals surface area (Å²) in [7, 11) is 1.67. The molecule has 1 atom stereocenters. The van der Waals surface area contributed by atoms with E-state index in [2.05, 4.69) is 10.3 Å². The lowest BCUT2D eigenvalue weighted by Crippen LogP contribution is -2.48. The van der Waals surface area contributed by atoms with Crippen molar-refractivity contribution in [2.45, 2.75) is 6.35 Å². The molecule has 1 unspecified atom stereocenters. The number of nitrogens with zero attached hydrogens (tertiary/aromatic N) is 2. The average Bonchev–Trinajstić information content (AvgIpc) is 2.25. The zero-order valence-corrected chi connectivity index (χ0v) is 8.21. The fourth-order valence-electron chi connectivity index (χ4n) is 1.33. The highest BCUT2D eigenvalue weighted by Gasteiger charge is 2.23. The molecule has 0 radical (unpaired) electrons. The Balaban J connectivity index is 2.37. The van der Waals surface area contributed by atoms with Crippen LogP contribution in [0.1, 0.15) is 5.69 Å². The Morgan fingerprint density at radius 3 is 3.00 bits per heavy atom. The lowest BCUT2D eigenvalue weighted by molar-refractivity contribution is -0.122. The first-order valence-electron chi connectivity index (χ1n) is 4.52. The van der Waals surface area contributed by atoms with Gasteiger partial charge in [-0.05, 0) is 12.1 Å². The predicted molar refractivity (Wildman–Crippen MR) is 54.1 cm³/mol. The highest BCUT2D eigenvalue weighted by molar-refractivity contribution is 6.19. The molecule has 1 aromatic rings. The van der Waals surface area contributed by atoms with Crippen LogP contribution in [-0.2, 0) is 4.79 Å². The summed E-state index contributed by atoms with van der Waals surface area (Å²) >= 11 is 0. The van der Waals surface area contributed by atoms with E-state index in [1.807, 2.05) is 6.07 Å². The van der Waals surface area contributed by atoms with Gasteiger partial charge in [0.2, 0.25) is 6.35 Å². The third-order valence-electron chi connectivity index (χ3n) is 2.16. The third-order valence-corrected chi connectivity index (χ3v) is 2.16. The number of rotatable bonds is 1.